The number of ether oxygens (including phenoxy) is 1. The van der Waals surface area contributed by atoms with E-state index in [9.17, 15) is 9.90 Å². The summed E-state index contributed by atoms with van der Waals surface area (Å²) in [7, 11) is 0. The third kappa shape index (κ3) is 3.29. The van der Waals surface area contributed by atoms with Crippen molar-refractivity contribution in [1.82, 2.24) is 0 Å². The van der Waals surface area contributed by atoms with Crippen LogP contribution in [0.3, 0.4) is 0 Å². The minimum absolute atomic E-state index is 0.133. The lowest BCUT2D eigenvalue weighted by Gasteiger charge is -2.62. The lowest BCUT2D eigenvalue weighted by molar-refractivity contribution is -0.161. The Hall–Kier alpha value is -0.830. The Balaban J connectivity index is 1.84. The quantitative estimate of drug-likeness (QED) is 0.592. The van der Waals surface area contributed by atoms with Crippen LogP contribution in [0.15, 0.2) is 11.6 Å². The molecule has 3 fully saturated rings. The Morgan fingerprint density at radius 1 is 1.28 bits per heavy atom. The number of carbonyl (C=O) groups excluding carboxylic acids is 1. The molecule has 0 unspecified atom stereocenters. The van der Waals surface area contributed by atoms with E-state index in [1.54, 1.807) is 0 Å². The number of carbonyl (C=O) groups is 1. The molecule has 0 heterocycles. The van der Waals surface area contributed by atoms with E-state index >= 15 is 0 Å². The maximum atomic E-state index is 11.4. The predicted molar refractivity (Wildman–Crippen MR) is 100.0 cm³/mol. The molecule has 3 aliphatic carbocycles. The Morgan fingerprint density at radius 2 is 2.04 bits per heavy atom. The maximum absolute atomic E-state index is 11.4. The SMILES string of the molecule is CC(=O)OC[C@]1(C)CCC[C@]2(C)[C@@H]3CCC(=CCO)[C@H](C)[C@H]3CC[C@H]12. The van der Waals surface area contributed by atoms with E-state index in [1.165, 1.54) is 51.0 Å². The molecule has 6 atom stereocenters. The second kappa shape index (κ2) is 7.06. The summed E-state index contributed by atoms with van der Waals surface area (Å²) in [4.78, 5) is 11.4. The van der Waals surface area contributed by atoms with Gasteiger partial charge in [-0.3, -0.25) is 4.79 Å². The molecule has 0 bridgehead atoms. The summed E-state index contributed by atoms with van der Waals surface area (Å²) < 4.78 is 5.51. The van der Waals surface area contributed by atoms with E-state index < -0.39 is 0 Å². The van der Waals surface area contributed by atoms with E-state index in [2.05, 4.69) is 26.8 Å². The van der Waals surface area contributed by atoms with E-state index in [4.69, 9.17) is 4.74 Å². The molecule has 3 heteroatoms. The molecule has 3 saturated carbocycles. The molecule has 0 amide bonds. The van der Waals surface area contributed by atoms with Crippen LogP contribution >= 0.6 is 0 Å². The average Bonchev–Trinajstić information content (AvgIpc) is 2.56. The molecule has 25 heavy (non-hydrogen) atoms. The van der Waals surface area contributed by atoms with Gasteiger partial charge in [0.2, 0.25) is 0 Å². The van der Waals surface area contributed by atoms with Crippen molar-refractivity contribution in [2.45, 2.75) is 72.6 Å². The van der Waals surface area contributed by atoms with Gasteiger partial charge in [-0.25, -0.2) is 0 Å². The number of hydrogen-bond acceptors (Lipinski definition) is 3. The van der Waals surface area contributed by atoms with Crippen molar-refractivity contribution >= 4 is 5.97 Å². The van der Waals surface area contributed by atoms with Gasteiger partial charge in [0.15, 0.2) is 0 Å². The predicted octanol–water partition coefficient (Wildman–Crippen LogP) is 4.74. The fraction of sp³-hybridized carbons (Fsp3) is 0.864. The topological polar surface area (TPSA) is 46.5 Å². The van der Waals surface area contributed by atoms with Crippen LogP contribution in [0.4, 0.5) is 0 Å². The van der Waals surface area contributed by atoms with Crippen LogP contribution in [-0.2, 0) is 9.53 Å². The van der Waals surface area contributed by atoms with Crippen molar-refractivity contribution in [2.24, 2.45) is 34.5 Å². The number of rotatable bonds is 3. The van der Waals surface area contributed by atoms with Crippen molar-refractivity contribution in [2.75, 3.05) is 13.2 Å². The molecule has 3 rings (SSSR count). The van der Waals surface area contributed by atoms with Gasteiger partial charge in [0.25, 0.3) is 0 Å². The molecular formula is C22H36O3. The summed E-state index contributed by atoms with van der Waals surface area (Å²) in [5.41, 5.74) is 1.98. The highest BCUT2D eigenvalue weighted by Gasteiger charge is 2.57. The van der Waals surface area contributed by atoms with Gasteiger partial charge in [0.1, 0.15) is 0 Å². The smallest absolute Gasteiger partial charge is 0.302 e. The van der Waals surface area contributed by atoms with Gasteiger partial charge >= 0.3 is 5.97 Å². The first-order valence-electron chi connectivity index (χ1n) is 10.2. The normalized spacial score (nSPS) is 45.6. The highest BCUT2D eigenvalue weighted by molar-refractivity contribution is 5.65. The monoisotopic (exact) mass is 348 g/mol. The van der Waals surface area contributed by atoms with Gasteiger partial charge in [0, 0.05) is 12.3 Å². The fourth-order valence-electron chi connectivity index (χ4n) is 7.00. The van der Waals surface area contributed by atoms with Crippen LogP contribution in [0, 0.1) is 34.5 Å². The summed E-state index contributed by atoms with van der Waals surface area (Å²) in [5, 5.41) is 9.33. The zero-order valence-electron chi connectivity index (χ0n) is 16.5. The standard InChI is InChI=1S/C22H36O3/c1-15-17(10-13-23)6-8-19-18(15)7-9-20-21(3,14-25-16(2)24)11-5-12-22(19,20)4/h10,15,18-20,23H,5-9,11-14H2,1-4H3/t15-,18+,19+,20+,21-,22+/m0/s1. The van der Waals surface area contributed by atoms with Gasteiger partial charge in [-0.05, 0) is 67.6 Å². The minimum Gasteiger partial charge on any atom is -0.465 e. The van der Waals surface area contributed by atoms with Crippen LogP contribution in [-0.4, -0.2) is 24.3 Å². The van der Waals surface area contributed by atoms with Gasteiger partial charge < -0.3 is 9.84 Å². The molecule has 0 aromatic carbocycles. The maximum Gasteiger partial charge on any atom is 0.302 e. The van der Waals surface area contributed by atoms with Gasteiger partial charge in [0.05, 0.1) is 13.2 Å². The number of fused-ring (bicyclic) bond motifs is 3. The molecule has 0 radical (unpaired) electrons. The summed E-state index contributed by atoms with van der Waals surface area (Å²) in [6.45, 7) is 9.57. The first-order valence-corrected chi connectivity index (χ1v) is 10.2. The molecule has 1 N–H and O–H groups in total. The Bertz CT molecular complexity index is 539. The molecule has 0 aromatic rings. The van der Waals surface area contributed by atoms with Gasteiger partial charge in [-0.15, -0.1) is 0 Å². The van der Waals surface area contributed by atoms with E-state index in [0.717, 1.165) is 18.3 Å². The summed E-state index contributed by atoms with van der Waals surface area (Å²) >= 11 is 0. The van der Waals surface area contributed by atoms with Crippen LogP contribution in [0.5, 0.6) is 0 Å². The Labute approximate surface area is 153 Å². The number of allylic oxidation sites excluding steroid dienone is 1. The zero-order chi connectivity index (χ0) is 18.2. The first kappa shape index (κ1) is 18.9. The van der Waals surface area contributed by atoms with Crippen LogP contribution in [0.2, 0.25) is 0 Å². The van der Waals surface area contributed by atoms with Crippen molar-refractivity contribution in [3.05, 3.63) is 11.6 Å². The summed E-state index contributed by atoms with van der Waals surface area (Å²) in [5.74, 6) is 2.64. The second-order valence-electron chi connectivity index (χ2n) is 9.48. The van der Waals surface area contributed by atoms with Crippen LogP contribution in [0.25, 0.3) is 0 Å². The second-order valence-corrected chi connectivity index (χ2v) is 9.48. The highest BCUT2D eigenvalue weighted by atomic mass is 16.5. The average molecular weight is 349 g/mol. The van der Waals surface area contributed by atoms with E-state index in [0.29, 0.717) is 23.9 Å². The lowest BCUT2D eigenvalue weighted by Crippen LogP contribution is -2.55. The largest absolute Gasteiger partial charge is 0.465 e. The van der Waals surface area contributed by atoms with E-state index in [1.807, 2.05) is 0 Å². The molecule has 3 nitrogen and oxygen atoms in total. The first-order chi connectivity index (χ1) is 11.8. The van der Waals surface area contributed by atoms with E-state index in [-0.39, 0.29) is 18.0 Å². The molecule has 0 aromatic heterocycles. The number of aliphatic hydroxyl groups is 1. The number of hydrogen-bond donors (Lipinski definition) is 1. The molecule has 3 aliphatic rings. The van der Waals surface area contributed by atoms with Crippen LogP contribution < -0.4 is 0 Å². The van der Waals surface area contributed by atoms with Crippen molar-refractivity contribution in [3.8, 4) is 0 Å². The van der Waals surface area contributed by atoms with Crippen molar-refractivity contribution in [3.63, 3.8) is 0 Å². The Morgan fingerprint density at radius 3 is 2.72 bits per heavy atom. The number of aliphatic hydroxyl groups excluding tert-OH is 1. The molecule has 142 valence electrons. The third-order valence-corrected chi connectivity index (χ3v) is 8.18. The summed E-state index contributed by atoms with van der Waals surface area (Å²) in [6, 6.07) is 0. The molecule has 0 spiro atoms. The Kier molecular flexibility index (Phi) is 5.35. The lowest BCUT2D eigenvalue weighted by atomic mass is 9.43. The fourth-order valence-corrected chi connectivity index (χ4v) is 7.00. The third-order valence-electron chi connectivity index (χ3n) is 8.18. The highest BCUT2D eigenvalue weighted by Crippen LogP contribution is 2.65. The molecular weight excluding hydrogens is 312 g/mol. The summed E-state index contributed by atoms with van der Waals surface area (Å²) in [6.07, 6.45) is 10.8. The van der Waals surface area contributed by atoms with Gasteiger partial charge in [-0.2, -0.15) is 0 Å². The molecule has 0 saturated heterocycles. The molecule has 0 aliphatic heterocycles. The minimum atomic E-state index is -0.146. The van der Waals surface area contributed by atoms with Gasteiger partial charge in [-0.1, -0.05) is 38.8 Å². The van der Waals surface area contributed by atoms with Crippen molar-refractivity contribution in [1.29, 1.82) is 0 Å². The van der Waals surface area contributed by atoms with Crippen molar-refractivity contribution < 1.29 is 14.6 Å². The van der Waals surface area contributed by atoms with Crippen LogP contribution in [0.1, 0.15) is 72.6 Å². The number of esters is 1. The zero-order valence-corrected chi connectivity index (χ0v) is 16.5.